The van der Waals surface area contributed by atoms with Gasteiger partial charge in [0, 0.05) is 10.4 Å². The van der Waals surface area contributed by atoms with Gasteiger partial charge in [0.1, 0.15) is 23.7 Å². The number of fused-ring (bicyclic) bond motifs is 1. The van der Waals surface area contributed by atoms with Gasteiger partial charge in [0.2, 0.25) is 0 Å². The maximum atomic E-state index is 12.5. The Bertz CT molecular complexity index is 1210. The van der Waals surface area contributed by atoms with Gasteiger partial charge < -0.3 is 13.9 Å². The first-order chi connectivity index (χ1) is 14.0. The lowest BCUT2D eigenvalue weighted by Gasteiger charge is -2.11. The van der Waals surface area contributed by atoms with Gasteiger partial charge in [0.15, 0.2) is 0 Å². The van der Waals surface area contributed by atoms with Crippen LogP contribution < -0.4 is 15.1 Å². The topological polar surface area (TPSA) is 48.7 Å². The fraction of sp³-hybridized carbons (Fsp3) is 0.125. The van der Waals surface area contributed by atoms with Crippen LogP contribution in [0.1, 0.15) is 11.1 Å². The summed E-state index contributed by atoms with van der Waals surface area (Å²) in [7, 11) is 1.64. The summed E-state index contributed by atoms with van der Waals surface area (Å²) < 4.78 is 16.7. The molecule has 0 N–H and O–H groups in total. The molecule has 0 radical (unpaired) electrons. The molecular weight excluding hydrogens is 388 g/mol. The highest BCUT2D eigenvalue weighted by molar-refractivity contribution is 6.30. The second-order valence-corrected chi connectivity index (χ2v) is 7.13. The molecule has 1 heterocycles. The molecule has 0 aliphatic heterocycles. The first-order valence-corrected chi connectivity index (χ1v) is 9.52. The molecule has 0 bridgehead atoms. The molecule has 0 atom stereocenters. The molecule has 4 nitrogen and oxygen atoms in total. The largest absolute Gasteiger partial charge is 0.497 e. The second kappa shape index (κ2) is 8.02. The van der Waals surface area contributed by atoms with Crippen molar-refractivity contribution in [1.29, 1.82) is 0 Å². The third-order valence-electron chi connectivity index (χ3n) is 4.83. The van der Waals surface area contributed by atoms with Crippen LogP contribution in [0, 0.1) is 6.92 Å². The fourth-order valence-corrected chi connectivity index (χ4v) is 3.38. The molecular formula is C24H19ClO4. The zero-order chi connectivity index (χ0) is 20.4. The van der Waals surface area contributed by atoms with Crippen molar-refractivity contribution >= 4 is 22.6 Å². The Labute approximate surface area is 173 Å². The molecule has 1 aromatic heterocycles. The lowest BCUT2D eigenvalue weighted by molar-refractivity contribution is 0.306. The van der Waals surface area contributed by atoms with Crippen molar-refractivity contribution in [1.82, 2.24) is 0 Å². The van der Waals surface area contributed by atoms with E-state index in [0.29, 0.717) is 28.5 Å². The average Bonchev–Trinajstić information content (AvgIpc) is 2.74. The van der Waals surface area contributed by atoms with E-state index in [1.807, 2.05) is 49.4 Å². The molecule has 4 aromatic rings. The van der Waals surface area contributed by atoms with E-state index in [-0.39, 0.29) is 5.63 Å². The Morgan fingerprint density at radius 1 is 0.931 bits per heavy atom. The number of halogens is 1. The highest BCUT2D eigenvalue weighted by Crippen LogP contribution is 2.30. The van der Waals surface area contributed by atoms with Crippen LogP contribution >= 0.6 is 11.6 Å². The lowest BCUT2D eigenvalue weighted by atomic mass is 9.99. The number of ether oxygens (including phenoxy) is 2. The molecule has 0 aliphatic rings. The zero-order valence-corrected chi connectivity index (χ0v) is 16.8. The maximum Gasteiger partial charge on any atom is 0.344 e. The molecule has 146 valence electrons. The summed E-state index contributed by atoms with van der Waals surface area (Å²) in [5, 5.41) is 1.45. The van der Waals surface area contributed by atoms with Gasteiger partial charge in [-0.1, -0.05) is 35.9 Å². The molecule has 29 heavy (non-hydrogen) atoms. The monoisotopic (exact) mass is 406 g/mol. The van der Waals surface area contributed by atoms with E-state index in [2.05, 4.69) is 0 Å². The van der Waals surface area contributed by atoms with Crippen LogP contribution in [0.15, 0.2) is 75.9 Å². The van der Waals surface area contributed by atoms with E-state index < -0.39 is 0 Å². The summed E-state index contributed by atoms with van der Waals surface area (Å²) in [5.74, 6) is 1.51. The molecule has 5 heteroatoms. The molecule has 0 aliphatic carbocycles. The Morgan fingerprint density at radius 2 is 1.62 bits per heavy atom. The Morgan fingerprint density at radius 3 is 2.31 bits per heavy atom. The number of benzene rings is 3. The smallest absolute Gasteiger partial charge is 0.344 e. The van der Waals surface area contributed by atoms with Crippen molar-refractivity contribution < 1.29 is 13.9 Å². The van der Waals surface area contributed by atoms with E-state index >= 15 is 0 Å². The molecule has 4 rings (SSSR count). The number of hydrogen-bond acceptors (Lipinski definition) is 4. The standard InChI is InChI=1S/C24H19ClO4/c1-15-21-13-20(28-14-16-3-9-19(27-2)10-4-16)11-12-22(21)29-24(26)23(15)17-5-7-18(25)8-6-17/h3-13H,14H2,1-2H3. The number of aryl methyl sites for hydroxylation is 1. The minimum Gasteiger partial charge on any atom is -0.497 e. The minimum absolute atomic E-state index is 0.371. The molecule has 0 unspecified atom stereocenters. The Balaban J connectivity index is 1.67. The molecule has 0 fully saturated rings. The molecule has 0 spiro atoms. The van der Waals surface area contributed by atoms with Crippen molar-refractivity contribution in [2.45, 2.75) is 13.5 Å². The number of rotatable bonds is 5. The SMILES string of the molecule is COc1ccc(COc2ccc3oc(=O)c(-c4ccc(Cl)cc4)c(C)c3c2)cc1. The summed E-state index contributed by atoms with van der Waals surface area (Å²) in [4.78, 5) is 12.5. The lowest BCUT2D eigenvalue weighted by Crippen LogP contribution is -2.06. The normalized spacial score (nSPS) is 10.9. The minimum atomic E-state index is -0.371. The first kappa shape index (κ1) is 19.1. The van der Waals surface area contributed by atoms with Crippen LogP contribution in [0.4, 0.5) is 0 Å². The van der Waals surface area contributed by atoms with Crippen molar-refractivity contribution in [3.05, 3.63) is 93.3 Å². The number of methoxy groups -OCH3 is 1. The Kier molecular flexibility index (Phi) is 5.28. The van der Waals surface area contributed by atoms with Crippen LogP contribution in [-0.2, 0) is 6.61 Å². The summed E-state index contributed by atoms with van der Waals surface area (Å²) in [6.45, 7) is 2.34. The zero-order valence-electron chi connectivity index (χ0n) is 16.1. The van der Waals surface area contributed by atoms with Gasteiger partial charge >= 0.3 is 5.63 Å². The quantitative estimate of drug-likeness (QED) is 0.381. The Hall–Kier alpha value is -3.24. The van der Waals surface area contributed by atoms with E-state index in [1.165, 1.54) is 0 Å². The second-order valence-electron chi connectivity index (χ2n) is 6.69. The van der Waals surface area contributed by atoms with Crippen molar-refractivity contribution in [2.24, 2.45) is 0 Å². The highest BCUT2D eigenvalue weighted by Gasteiger charge is 2.14. The summed E-state index contributed by atoms with van der Waals surface area (Å²) in [6.07, 6.45) is 0. The van der Waals surface area contributed by atoms with E-state index in [0.717, 1.165) is 27.8 Å². The fourth-order valence-electron chi connectivity index (χ4n) is 3.26. The maximum absolute atomic E-state index is 12.5. The van der Waals surface area contributed by atoms with Gasteiger partial charge in [-0.15, -0.1) is 0 Å². The molecule has 0 saturated carbocycles. The summed E-state index contributed by atoms with van der Waals surface area (Å²) >= 11 is 5.97. The first-order valence-electron chi connectivity index (χ1n) is 9.14. The van der Waals surface area contributed by atoms with Crippen LogP contribution in [0.5, 0.6) is 11.5 Å². The highest BCUT2D eigenvalue weighted by atomic mass is 35.5. The predicted octanol–water partition coefficient (Wildman–Crippen LogP) is 6.01. The van der Waals surface area contributed by atoms with Gasteiger partial charge in [0.05, 0.1) is 12.7 Å². The van der Waals surface area contributed by atoms with Crippen molar-refractivity contribution in [3.8, 4) is 22.6 Å². The number of hydrogen-bond donors (Lipinski definition) is 0. The van der Waals surface area contributed by atoms with Crippen LogP contribution in [0.25, 0.3) is 22.1 Å². The van der Waals surface area contributed by atoms with E-state index in [9.17, 15) is 4.79 Å². The molecule has 0 amide bonds. The van der Waals surface area contributed by atoms with Gasteiger partial charge in [-0.05, 0) is 66.1 Å². The summed E-state index contributed by atoms with van der Waals surface area (Å²) in [5.41, 5.74) is 3.33. The third-order valence-corrected chi connectivity index (χ3v) is 5.09. The summed E-state index contributed by atoms with van der Waals surface area (Å²) in [6, 6.07) is 20.3. The van der Waals surface area contributed by atoms with E-state index in [4.69, 9.17) is 25.5 Å². The molecule has 3 aromatic carbocycles. The van der Waals surface area contributed by atoms with Crippen molar-refractivity contribution in [2.75, 3.05) is 7.11 Å². The average molecular weight is 407 g/mol. The van der Waals surface area contributed by atoms with Crippen molar-refractivity contribution in [3.63, 3.8) is 0 Å². The third kappa shape index (κ3) is 3.98. The van der Waals surface area contributed by atoms with Crippen LogP contribution in [-0.4, -0.2) is 7.11 Å². The molecule has 0 saturated heterocycles. The predicted molar refractivity (Wildman–Crippen MR) is 115 cm³/mol. The van der Waals surface area contributed by atoms with Gasteiger partial charge in [-0.3, -0.25) is 0 Å². The van der Waals surface area contributed by atoms with Gasteiger partial charge in [-0.2, -0.15) is 0 Å². The van der Waals surface area contributed by atoms with Crippen LogP contribution in [0.3, 0.4) is 0 Å². The van der Waals surface area contributed by atoms with Gasteiger partial charge in [-0.25, -0.2) is 4.79 Å². The van der Waals surface area contributed by atoms with Gasteiger partial charge in [0.25, 0.3) is 0 Å². The van der Waals surface area contributed by atoms with Crippen LogP contribution in [0.2, 0.25) is 5.02 Å². The van der Waals surface area contributed by atoms with E-state index in [1.54, 1.807) is 31.4 Å².